The average molecular weight is 540 g/mol. The van der Waals surface area contributed by atoms with Crippen molar-refractivity contribution in [3.05, 3.63) is 57.4 Å². The van der Waals surface area contributed by atoms with E-state index in [1.807, 2.05) is 6.92 Å². The molecule has 2 aromatic heterocycles. The van der Waals surface area contributed by atoms with Gasteiger partial charge in [0, 0.05) is 18.4 Å². The lowest BCUT2D eigenvalue weighted by atomic mass is 10.1. The van der Waals surface area contributed by atoms with Gasteiger partial charge < -0.3 is 10.1 Å². The van der Waals surface area contributed by atoms with Gasteiger partial charge >= 0.3 is 6.36 Å². The summed E-state index contributed by atoms with van der Waals surface area (Å²) in [6.07, 6.45) is -0.203. The monoisotopic (exact) mass is 539 g/mol. The summed E-state index contributed by atoms with van der Waals surface area (Å²) >= 11 is 1.33. The molecule has 3 aromatic rings. The van der Waals surface area contributed by atoms with Gasteiger partial charge in [-0.05, 0) is 56.0 Å². The first-order valence-electron chi connectivity index (χ1n) is 11.6. The molecule has 1 N–H and O–H groups in total. The number of amides is 1. The Bertz CT molecular complexity index is 1200. The molecule has 1 aromatic carbocycles. The van der Waals surface area contributed by atoms with E-state index in [4.69, 9.17) is 0 Å². The highest BCUT2D eigenvalue weighted by atomic mass is 32.1. The third-order valence-corrected chi connectivity index (χ3v) is 6.15. The lowest BCUT2D eigenvalue weighted by molar-refractivity contribution is -0.274. The molecule has 0 spiro atoms. The molecule has 0 atom stereocenters. The maximum atomic E-state index is 13.9. The van der Waals surface area contributed by atoms with Crippen LogP contribution in [0.15, 0.2) is 30.3 Å². The summed E-state index contributed by atoms with van der Waals surface area (Å²) in [6.45, 7) is 2.03. The number of halogens is 4. The van der Waals surface area contributed by atoms with E-state index in [-0.39, 0.29) is 17.2 Å². The lowest BCUT2D eigenvalue weighted by Crippen LogP contribution is -2.18. The molecule has 8 nitrogen and oxygen atoms in total. The number of Topliss-reactive ketones (excluding diaryl/α,β-unsaturated/α-hetero) is 1. The van der Waals surface area contributed by atoms with Gasteiger partial charge in [-0.15, -0.1) is 28.5 Å². The Hall–Kier alpha value is -3.48. The van der Waals surface area contributed by atoms with Crippen LogP contribution in [-0.2, 0) is 24.1 Å². The molecule has 13 heteroatoms. The Balaban J connectivity index is 1.43. The van der Waals surface area contributed by atoms with Gasteiger partial charge in [0.15, 0.2) is 16.6 Å². The standard InChI is InChI=1S/C24H25F4N5O3S/c1-2-3-7-19(34)23-33-32-22(37-23)8-5-4-6-16-9-12-20(31-30-16)29-21(35)14-15-13-17(10-11-18(15)25)36-24(26,27)28/h9-13H,2-8,14H2,1H3,(H,29,31,35). The highest BCUT2D eigenvalue weighted by Gasteiger charge is 2.31. The van der Waals surface area contributed by atoms with Crippen molar-refractivity contribution >= 4 is 28.8 Å². The maximum Gasteiger partial charge on any atom is 0.573 e. The van der Waals surface area contributed by atoms with Gasteiger partial charge in [0.05, 0.1) is 12.1 Å². The SMILES string of the molecule is CCCCC(=O)c1nnc(CCCCc2ccc(NC(=O)Cc3cc(OC(F)(F)F)ccc3F)nn2)s1. The second-order valence-corrected chi connectivity index (χ2v) is 9.23. The van der Waals surface area contributed by atoms with Crippen LogP contribution in [0.3, 0.4) is 0 Å². The fourth-order valence-electron chi connectivity index (χ4n) is 3.30. The zero-order valence-electron chi connectivity index (χ0n) is 20.0. The largest absolute Gasteiger partial charge is 0.573 e. The fraction of sp³-hybridized carbons (Fsp3) is 0.417. The molecule has 0 saturated carbocycles. The third-order valence-electron chi connectivity index (χ3n) is 5.13. The zero-order chi connectivity index (χ0) is 26.8. The van der Waals surface area contributed by atoms with E-state index in [9.17, 15) is 27.2 Å². The van der Waals surface area contributed by atoms with Crippen LogP contribution in [0.1, 0.15) is 65.1 Å². The summed E-state index contributed by atoms with van der Waals surface area (Å²) in [6, 6.07) is 5.68. The van der Waals surface area contributed by atoms with E-state index in [1.54, 1.807) is 12.1 Å². The van der Waals surface area contributed by atoms with Gasteiger partial charge in [-0.25, -0.2) is 4.39 Å². The molecular weight excluding hydrogens is 514 g/mol. The van der Waals surface area contributed by atoms with E-state index in [0.29, 0.717) is 30.0 Å². The van der Waals surface area contributed by atoms with Crippen molar-refractivity contribution in [2.24, 2.45) is 0 Å². The van der Waals surface area contributed by atoms with Crippen LogP contribution in [0.5, 0.6) is 5.75 Å². The van der Waals surface area contributed by atoms with E-state index >= 15 is 0 Å². The van der Waals surface area contributed by atoms with Crippen LogP contribution in [-0.4, -0.2) is 38.4 Å². The summed E-state index contributed by atoms with van der Waals surface area (Å²) in [5.41, 5.74) is 0.449. The summed E-state index contributed by atoms with van der Waals surface area (Å²) in [7, 11) is 0. The smallest absolute Gasteiger partial charge is 0.406 e. The van der Waals surface area contributed by atoms with Crippen LogP contribution < -0.4 is 10.1 Å². The van der Waals surface area contributed by atoms with Crippen molar-refractivity contribution in [3.8, 4) is 5.75 Å². The van der Waals surface area contributed by atoms with Crippen molar-refractivity contribution in [2.45, 2.75) is 64.7 Å². The number of nitrogens with zero attached hydrogens (tertiary/aromatic N) is 4. The number of benzene rings is 1. The predicted molar refractivity (Wildman–Crippen MR) is 128 cm³/mol. The molecule has 0 aliphatic heterocycles. The first-order valence-corrected chi connectivity index (χ1v) is 12.5. The quantitative estimate of drug-likeness (QED) is 0.174. The van der Waals surface area contributed by atoms with E-state index in [1.165, 1.54) is 11.3 Å². The molecule has 198 valence electrons. The highest BCUT2D eigenvalue weighted by molar-refractivity contribution is 7.13. The number of carbonyl (C=O) groups is 2. The molecule has 0 unspecified atom stereocenters. The Morgan fingerprint density at radius 2 is 1.78 bits per heavy atom. The fourth-order valence-corrected chi connectivity index (χ4v) is 4.15. The normalized spacial score (nSPS) is 11.4. The number of anilines is 1. The van der Waals surface area contributed by atoms with Gasteiger partial charge in [0.25, 0.3) is 0 Å². The number of rotatable bonds is 13. The maximum absolute atomic E-state index is 13.9. The summed E-state index contributed by atoms with van der Waals surface area (Å²) in [5, 5.41) is 19.8. The van der Waals surface area contributed by atoms with Gasteiger partial charge in [0.2, 0.25) is 5.91 Å². The first kappa shape index (κ1) is 28.1. The number of hydrogen-bond acceptors (Lipinski definition) is 8. The second-order valence-electron chi connectivity index (χ2n) is 8.17. The van der Waals surface area contributed by atoms with Crippen LogP contribution >= 0.6 is 11.3 Å². The number of alkyl halides is 3. The van der Waals surface area contributed by atoms with E-state index in [0.717, 1.165) is 48.9 Å². The minimum Gasteiger partial charge on any atom is -0.406 e. The molecule has 2 heterocycles. The molecule has 0 bridgehead atoms. The highest BCUT2D eigenvalue weighted by Crippen LogP contribution is 2.25. The Kier molecular flexibility index (Phi) is 10.0. The number of carbonyl (C=O) groups excluding carboxylic acids is 2. The van der Waals surface area contributed by atoms with Gasteiger partial charge in [-0.3, -0.25) is 9.59 Å². The summed E-state index contributed by atoms with van der Waals surface area (Å²) in [4.78, 5) is 24.2. The molecule has 0 fully saturated rings. The number of unbranched alkanes of at least 4 members (excludes halogenated alkanes) is 2. The predicted octanol–water partition coefficient (Wildman–Crippen LogP) is 5.49. The number of hydrogen-bond donors (Lipinski definition) is 1. The van der Waals surface area contributed by atoms with Crippen molar-refractivity contribution < 1.29 is 31.9 Å². The van der Waals surface area contributed by atoms with Gasteiger partial charge in [-0.2, -0.15) is 5.10 Å². The molecule has 0 radical (unpaired) electrons. The number of aryl methyl sites for hydroxylation is 2. The molecular formula is C24H25F4N5O3S. The Labute approximate surface area is 214 Å². The van der Waals surface area contributed by atoms with Crippen LogP contribution in [0.2, 0.25) is 0 Å². The zero-order valence-corrected chi connectivity index (χ0v) is 20.8. The molecule has 37 heavy (non-hydrogen) atoms. The van der Waals surface area contributed by atoms with Crippen LogP contribution in [0.25, 0.3) is 0 Å². The van der Waals surface area contributed by atoms with Crippen molar-refractivity contribution in [2.75, 3.05) is 5.32 Å². The van der Waals surface area contributed by atoms with Crippen LogP contribution in [0.4, 0.5) is 23.4 Å². The minimum absolute atomic E-state index is 0.0298. The van der Waals surface area contributed by atoms with Crippen molar-refractivity contribution in [1.29, 1.82) is 0 Å². The topological polar surface area (TPSA) is 107 Å². The second kappa shape index (κ2) is 13.2. The molecule has 3 rings (SSSR count). The Morgan fingerprint density at radius 1 is 1.00 bits per heavy atom. The molecule has 0 aliphatic rings. The minimum atomic E-state index is -4.93. The number of ether oxygens (including phenoxy) is 1. The molecule has 0 aliphatic carbocycles. The molecule has 1 amide bonds. The number of aromatic nitrogens is 4. The number of nitrogens with one attached hydrogen (secondary N) is 1. The van der Waals surface area contributed by atoms with E-state index in [2.05, 4.69) is 30.4 Å². The Morgan fingerprint density at radius 3 is 2.49 bits per heavy atom. The average Bonchev–Trinajstić information content (AvgIpc) is 3.31. The van der Waals surface area contributed by atoms with Crippen molar-refractivity contribution in [1.82, 2.24) is 20.4 Å². The summed E-state index contributed by atoms with van der Waals surface area (Å²) < 4.78 is 54.8. The third kappa shape index (κ3) is 9.48. The lowest BCUT2D eigenvalue weighted by Gasteiger charge is -2.11. The van der Waals surface area contributed by atoms with Crippen molar-refractivity contribution in [3.63, 3.8) is 0 Å². The van der Waals surface area contributed by atoms with Crippen LogP contribution in [0, 0.1) is 5.82 Å². The summed E-state index contributed by atoms with van der Waals surface area (Å²) in [5.74, 6) is -1.96. The molecule has 0 saturated heterocycles. The first-order chi connectivity index (χ1) is 17.6. The van der Waals surface area contributed by atoms with E-state index < -0.39 is 30.3 Å². The van der Waals surface area contributed by atoms with Gasteiger partial charge in [-0.1, -0.05) is 24.7 Å². The number of ketones is 1. The van der Waals surface area contributed by atoms with Gasteiger partial charge in [0.1, 0.15) is 16.6 Å².